The molecule has 0 aromatic rings. The van der Waals surface area contributed by atoms with Gasteiger partial charge in [0.1, 0.15) is 0 Å². The van der Waals surface area contributed by atoms with Crippen molar-refractivity contribution in [2.45, 2.75) is 59.0 Å². The van der Waals surface area contributed by atoms with Gasteiger partial charge in [0.15, 0.2) is 0 Å². The summed E-state index contributed by atoms with van der Waals surface area (Å²) in [5, 5.41) is 0. The van der Waals surface area contributed by atoms with Gasteiger partial charge >= 0.3 is 0 Å². The minimum Gasteiger partial charge on any atom is -0.326 e. The minimum absolute atomic E-state index is 0.353. The average Bonchev–Trinajstić information content (AvgIpc) is 2.20. The van der Waals surface area contributed by atoms with Gasteiger partial charge in [0, 0.05) is 18.6 Å². The van der Waals surface area contributed by atoms with E-state index in [9.17, 15) is 0 Å². The van der Waals surface area contributed by atoms with Crippen LogP contribution < -0.4 is 5.73 Å². The Labute approximate surface area is 95.2 Å². The third-order valence-electron chi connectivity index (χ3n) is 4.10. The lowest BCUT2D eigenvalue weighted by atomic mass is 9.91. The predicted octanol–water partition coefficient (Wildman–Crippen LogP) is 2.48. The molecule has 1 aliphatic heterocycles. The van der Waals surface area contributed by atoms with Gasteiger partial charge in [-0.05, 0) is 38.1 Å². The van der Waals surface area contributed by atoms with Crippen molar-refractivity contribution in [1.82, 2.24) is 4.90 Å². The lowest BCUT2D eigenvalue weighted by molar-refractivity contribution is 0.114. The Morgan fingerprint density at radius 3 is 2.60 bits per heavy atom. The van der Waals surface area contributed by atoms with Crippen molar-refractivity contribution < 1.29 is 0 Å². The molecule has 0 saturated carbocycles. The molecule has 15 heavy (non-hydrogen) atoms. The highest BCUT2D eigenvalue weighted by Crippen LogP contribution is 2.22. The maximum absolute atomic E-state index is 6.21. The molecule has 0 aromatic heterocycles. The molecule has 2 nitrogen and oxygen atoms in total. The Hall–Kier alpha value is -0.0800. The van der Waals surface area contributed by atoms with Crippen LogP contribution in [0.25, 0.3) is 0 Å². The molecule has 2 heteroatoms. The van der Waals surface area contributed by atoms with Crippen molar-refractivity contribution in [3.8, 4) is 0 Å². The Morgan fingerprint density at radius 2 is 2.07 bits per heavy atom. The SMILES string of the molecule is CCC(C)C(N)CN1CCC(C)CC1C. The van der Waals surface area contributed by atoms with Crippen molar-refractivity contribution in [3.63, 3.8) is 0 Å². The number of hydrogen-bond acceptors (Lipinski definition) is 2. The van der Waals surface area contributed by atoms with Gasteiger partial charge in [0.25, 0.3) is 0 Å². The molecule has 2 N–H and O–H groups in total. The van der Waals surface area contributed by atoms with Crippen LogP contribution >= 0.6 is 0 Å². The van der Waals surface area contributed by atoms with E-state index in [-0.39, 0.29) is 0 Å². The summed E-state index contributed by atoms with van der Waals surface area (Å²) in [6.45, 7) is 11.5. The Kier molecular flexibility index (Phi) is 5.07. The van der Waals surface area contributed by atoms with Crippen LogP contribution in [0.2, 0.25) is 0 Å². The van der Waals surface area contributed by atoms with E-state index in [1.807, 2.05) is 0 Å². The Morgan fingerprint density at radius 1 is 1.40 bits per heavy atom. The number of likely N-dealkylation sites (tertiary alicyclic amines) is 1. The molecule has 1 aliphatic rings. The van der Waals surface area contributed by atoms with Crippen LogP contribution in [-0.4, -0.2) is 30.1 Å². The molecule has 1 saturated heterocycles. The second-order valence-electron chi connectivity index (χ2n) is 5.52. The molecule has 0 aliphatic carbocycles. The zero-order chi connectivity index (χ0) is 11.4. The molecule has 4 unspecified atom stereocenters. The van der Waals surface area contributed by atoms with Crippen LogP contribution in [0.15, 0.2) is 0 Å². The summed E-state index contributed by atoms with van der Waals surface area (Å²) in [4.78, 5) is 2.58. The Balaban J connectivity index is 2.37. The summed E-state index contributed by atoms with van der Waals surface area (Å²) in [5.74, 6) is 1.55. The number of piperidine rings is 1. The third kappa shape index (κ3) is 3.76. The summed E-state index contributed by atoms with van der Waals surface area (Å²) in [6.07, 6.45) is 3.88. The normalized spacial score (nSPS) is 32.6. The van der Waals surface area contributed by atoms with Crippen LogP contribution in [0.4, 0.5) is 0 Å². The second kappa shape index (κ2) is 5.86. The molecule has 0 aromatic carbocycles. The van der Waals surface area contributed by atoms with Gasteiger partial charge in [-0.3, -0.25) is 4.90 Å². The second-order valence-corrected chi connectivity index (χ2v) is 5.52. The van der Waals surface area contributed by atoms with Crippen LogP contribution in [0.5, 0.6) is 0 Å². The van der Waals surface area contributed by atoms with Gasteiger partial charge in [-0.15, -0.1) is 0 Å². The molecule has 1 rings (SSSR count). The summed E-state index contributed by atoms with van der Waals surface area (Å²) < 4.78 is 0. The van der Waals surface area contributed by atoms with E-state index in [2.05, 4.69) is 32.6 Å². The quantitative estimate of drug-likeness (QED) is 0.776. The first-order valence-corrected chi connectivity index (χ1v) is 6.54. The standard InChI is InChI=1S/C13H28N2/c1-5-11(3)13(14)9-15-7-6-10(2)8-12(15)4/h10-13H,5-9,14H2,1-4H3. The topological polar surface area (TPSA) is 29.3 Å². The van der Waals surface area contributed by atoms with Gasteiger partial charge in [-0.2, -0.15) is 0 Å². The average molecular weight is 212 g/mol. The lowest BCUT2D eigenvalue weighted by Gasteiger charge is -2.38. The fraction of sp³-hybridized carbons (Fsp3) is 1.00. The molecule has 0 amide bonds. The number of nitrogens with zero attached hydrogens (tertiary/aromatic N) is 1. The molecular formula is C13H28N2. The minimum atomic E-state index is 0.353. The molecule has 0 bridgehead atoms. The fourth-order valence-electron chi connectivity index (χ4n) is 2.48. The van der Waals surface area contributed by atoms with Gasteiger partial charge in [-0.25, -0.2) is 0 Å². The molecule has 1 heterocycles. The molecule has 1 fully saturated rings. The van der Waals surface area contributed by atoms with Gasteiger partial charge in [0.05, 0.1) is 0 Å². The van der Waals surface area contributed by atoms with Crippen molar-refractivity contribution in [3.05, 3.63) is 0 Å². The van der Waals surface area contributed by atoms with E-state index >= 15 is 0 Å². The predicted molar refractivity (Wildman–Crippen MR) is 66.9 cm³/mol. The summed E-state index contributed by atoms with van der Waals surface area (Å²) >= 11 is 0. The number of nitrogens with two attached hydrogens (primary N) is 1. The van der Waals surface area contributed by atoms with Crippen LogP contribution in [-0.2, 0) is 0 Å². The first kappa shape index (κ1) is 13.0. The zero-order valence-corrected chi connectivity index (χ0v) is 10.9. The fourth-order valence-corrected chi connectivity index (χ4v) is 2.48. The number of hydrogen-bond donors (Lipinski definition) is 1. The first-order chi connectivity index (χ1) is 7.04. The highest BCUT2D eigenvalue weighted by molar-refractivity contribution is 4.81. The maximum Gasteiger partial charge on any atom is 0.0193 e. The smallest absolute Gasteiger partial charge is 0.0193 e. The lowest BCUT2D eigenvalue weighted by Crippen LogP contribution is -2.48. The van der Waals surface area contributed by atoms with E-state index in [1.54, 1.807) is 0 Å². The summed E-state index contributed by atoms with van der Waals surface area (Å²) in [6, 6.07) is 1.08. The molecule has 4 atom stereocenters. The molecular weight excluding hydrogens is 184 g/mol. The van der Waals surface area contributed by atoms with E-state index in [4.69, 9.17) is 5.73 Å². The van der Waals surface area contributed by atoms with Crippen LogP contribution in [0, 0.1) is 11.8 Å². The molecule has 0 spiro atoms. The zero-order valence-electron chi connectivity index (χ0n) is 10.9. The highest BCUT2D eigenvalue weighted by Gasteiger charge is 2.25. The highest BCUT2D eigenvalue weighted by atomic mass is 15.2. The van der Waals surface area contributed by atoms with E-state index in [0.29, 0.717) is 12.0 Å². The van der Waals surface area contributed by atoms with Crippen LogP contribution in [0.3, 0.4) is 0 Å². The van der Waals surface area contributed by atoms with Crippen molar-refractivity contribution in [2.24, 2.45) is 17.6 Å². The monoisotopic (exact) mass is 212 g/mol. The summed E-state index contributed by atoms with van der Waals surface area (Å²) in [7, 11) is 0. The van der Waals surface area contributed by atoms with Gasteiger partial charge < -0.3 is 5.73 Å². The maximum atomic E-state index is 6.21. The van der Waals surface area contributed by atoms with Gasteiger partial charge in [0.2, 0.25) is 0 Å². The molecule has 0 radical (unpaired) electrons. The largest absolute Gasteiger partial charge is 0.326 e. The summed E-state index contributed by atoms with van der Waals surface area (Å²) in [5.41, 5.74) is 6.21. The Bertz CT molecular complexity index is 181. The van der Waals surface area contributed by atoms with E-state index in [0.717, 1.165) is 18.5 Å². The van der Waals surface area contributed by atoms with Crippen molar-refractivity contribution in [1.29, 1.82) is 0 Å². The van der Waals surface area contributed by atoms with E-state index < -0.39 is 0 Å². The van der Waals surface area contributed by atoms with Gasteiger partial charge in [-0.1, -0.05) is 27.2 Å². The van der Waals surface area contributed by atoms with Crippen molar-refractivity contribution >= 4 is 0 Å². The molecule has 90 valence electrons. The third-order valence-corrected chi connectivity index (χ3v) is 4.10. The number of rotatable bonds is 4. The van der Waals surface area contributed by atoms with Crippen LogP contribution in [0.1, 0.15) is 47.0 Å². The van der Waals surface area contributed by atoms with E-state index in [1.165, 1.54) is 25.8 Å². The first-order valence-electron chi connectivity index (χ1n) is 6.54. The van der Waals surface area contributed by atoms with Crippen molar-refractivity contribution in [2.75, 3.05) is 13.1 Å².